The van der Waals surface area contributed by atoms with Crippen molar-refractivity contribution in [3.63, 3.8) is 0 Å². The van der Waals surface area contributed by atoms with Crippen molar-refractivity contribution in [2.24, 2.45) is 5.92 Å². The first-order chi connectivity index (χ1) is 9.99. The third kappa shape index (κ3) is 3.80. The average Bonchev–Trinajstić information content (AvgIpc) is 2.81. The summed E-state index contributed by atoms with van der Waals surface area (Å²) in [6.07, 6.45) is 4.12. The van der Waals surface area contributed by atoms with Crippen LogP contribution in [0.1, 0.15) is 68.3 Å². The van der Waals surface area contributed by atoms with Crippen molar-refractivity contribution in [2.75, 3.05) is 0 Å². The van der Waals surface area contributed by atoms with Gasteiger partial charge in [-0.05, 0) is 12.8 Å². The van der Waals surface area contributed by atoms with Gasteiger partial charge in [-0.3, -0.25) is 14.7 Å². The van der Waals surface area contributed by atoms with Gasteiger partial charge in [0.05, 0.1) is 5.92 Å². The van der Waals surface area contributed by atoms with Crippen LogP contribution < -0.4 is 5.32 Å². The molecule has 2 atom stereocenters. The number of nitrogens with one attached hydrogen (secondary N) is 2. The second-order valence-corrected chi connectivity index (χ2v) is 5.86. The van der Waals surface area contributed by atoms with E-state index in [0.29, 0.717) is 18.7 Å². The number of carboxylic acid groups (broad SMARTS) is 1. The molecule has 0 bridgehead atoms. The van der Waals surface area contributed by atoms with Crippen LogP contribution in [-0.2, 0) is 4.79 Å². The number of aromatic nitrogens is 3. The monoisotopic (exact) mass is 294 g/mol. The van der Waals surface area contributed by atoms with E-state index in [4.69, 9.17) is 0 Å². The quantitative estimate of drug-likeness (QED) is 0.732. The van der Waals surface area contributed by atoms with Gasteiger partial charge in [0.2, 0.25) is 5.82 Å². The first-order valence-corrected chi connectivity index (χ1v) is 7.45. The number of carboxylic acids is 1. The SMILES string of the molecule is CC(C)c1nc(C(=O)NC2CCCCCC2C(=O)O)n[nH]1. The van der Waals surface area contributed by atoms with Crippen LogP contribution in [-0.4, -0.2) is 38.2 Å². The Kier molecular flexibility index (Phi) is 4.93. The van der Waals surface area contributed by atoms with Crippen LogP contribution in [0.2, 0.25) is 0 Å². The molecule has 3 N–H and O–H groups in total. The second kappa shape index (κ2) is 6.69. The highest BCUT2D eigenvalue weighted by Gasteiger charge is 2.31. The van der Waals surface area contributed by atoms with Gasteiger partial charge < -0.3 is 10.4 Å². The highest BCUT2D eigenvalue weighted by atomic mass is 16.4. The maximum Gasteiger partial charge on any atom is 0.308 e. The van der Waals surface area contributed by atoms with Crippen molar-refractivity contribution >= 4 is 11.9 Å². The molecule has 0 radical (unpaired) electrons. The lowest BCUT2D eigenvalue weighted by atomic mass is 9.95. The molecular formula is C14H22N4O3. The smallest absolute Gasteiger partial charge is 0.308 e. The van der Waals surface area contributed by atoms with Crippen molar-refractivity contribution in [1.82, 2.24) is 20.5 Å². The number of amides is 1. The van der Waals surface area contributed by atoms with Crippen LogP contribution in [0.4, 0.5) is 0 Å². The Balaban J connectivity index is 2.06. The van der Waals surface area contributed by atoms with Gasteiger partial charge in [-0.1, -0.05) is 33.1 Å². The Morgan fingerprint density at radius 1 is 1.29 bits per heavy atom. The summed E-state index contributed by atoms with van der Waals surface area (Å²) in [4.78, 5) is 27.7. The molecule has 1 aliphatic rings. The normalized spacial score (nSPS) is 22.8. The molecule has 1 amide bonds. The Bertz CT molecular complexity index is 512. The highest BCUT2D eigenvalue weighted by Crippen LogP contribution is 2.24. The molecular weight excluding hydrogens is 272 g/mol. The zero-order chi connectivity index (χ0) is 15.4. The van der Waals surface area contributed by atoms with Crippen LogP contribution in [0.15, 0.2) is 0 Å². The lowest BCUT2D eigenvalue weighted by Crippen LogP contribution is -2.43. The van der Waals surface area contributed by atoms with E-state index in [1.165, 1.54) is 0 Å². The topological polar surface area (TPSA) is 108 Å². The molecule has 1 heterocycles. The van der Waals surface area contributed by atoms with E-state index in [9.17, 15) is 14.7 Å². The number of rotatable bonds is 4. The number of carbonyl (C=O) groups excluding carboxylic acids is 1. The number of aliphatic carboxylic acids is 1. The van der Waals surface area contributed by atoms with Crippen LogP contribution in [0, 0.1) is 5.92 Å². The van der Waals surface area contributed by atoms with E-state index in [2.05, 4.69) is 20.5 Å². The van der Waals surface area contributed by atoms with Gasteiger partial charge in [-0.2, -0.15) is 0 Å². The Morgan fingerprint density at radius 3 is 2.62 bits per heavy atom. The number of H-pyrrole nitrogens is 1. The molecule has 7 nitrogen and oxygen atoms in total. The summed E-state index contributed by atoms with van der Waals surface area (Å²) in [7, 11) is 0. The van der Waals surface area contributed by atoms with Crippen LogP contribution in [0.25, 0.3) is 0 Å². The summed E-state index contributed by atoms with van der Waals surface area (Å²) in [6.45, 7) is 3.90. The zero-order valence-corrected chi connectivity index (χ0v) is 12.4. The maximum atomic E-state index is 12.2. The fraction of sp³-hybridized carbons (Fsp3) is 0.714. The van der Waals surface area contributed by atoms with Gasteiger partial charge in [0.1, 0.15) is 5.82 Å². The lowest BCUT2D eigenvalue weighted by molar-refractivity contribution is -0.142. The van der Waals surface area contributed by atoms with Crippen LogP contribution in [0.3, 0.4) is 0 Å². The summed E-state index contributed by atoms with van der Waals surface area (Å²) in [5.74, 6) is -0.900. The summed E-state index contributed by atoms with van der Waals surface area (Å²) >= 11 is 0. The van der Waals surface area contributed by atoms with Gasteiger partial charge >= 0.3 is 5.97 Å². The number of nitrogens with zero attached hydrogens (tertiary/aromatic N) is 2. The fourth-order valence-corrected chi connectivity index (χ4v) is 2.64. The molecule has 7 heteroatoms. The number of carbonyl (C=O) groups is 2. The maximum absolute atomic E-state index is 12.2. The van der Waals surface area contributed by atoms with Gasteiger partial charge in [0.15, 0.2) is 0 Å². The van der Waals surface area contributed by atoms with Crippen molar-refractivity contribution in [2.45, 2.75) is 57.9 Å². The second-order valence-electron chi connectivity index (χ2n) is 5.86. The van der Waals surface area contributed by atoms with E-state index in [0.717, 1.165) is 19.3 Å². The first-order valence-electron chi connectivity index (χ1n) is 7.45. The average molecular weight is 294 g/mol. The number of hydrogen-bond donors (Lipinski definition) is 3. The minimum Gasteiger partial charge on any atom is -0.481 e. The summed E-state index contributed by atoms with van der Waals surface area (Å²) in [6, 6.07) is -0.349. The molecule has 21 heavy (non-hydrogen) atoms. The molecule has 2 rings (SSSR count). The number of aromatic amines is 1. The van der Waals surface area contributed by atoms with E-state index < -0.39 is 17.8 Å². The lowest BCUT2D eigenvalue weighted by Gasteiger charge is -2.22. The van der Waals surface area contributed by atoms with Crippen molar-refractivity contribution in [1.29, 1.82) is 0 Å². The molecule has 116 valence electrons. The van der Waals surface area contributed by atoms with E-state index in [1.807, 2.05) is 13.8 Å². The summed E-state index contributed by atoms with van der Waals surface area (Å²) < 4.78 is 0. The third-order valence-corrected chi connectivity index (χ3v) is 3.90. The van der Waals surface area contributed by atoms with Gasteiger partial charge in [0.25, 0.3) is 5.91 Å². The molecule has 0 saturated heterocycles. The van der Waals surface area contributed by atoms with E-state index in [-0.39, 0.29) is 17.8 Å². The van der Waals surface area contributed by atoms with Gasteiger partial charge in [-0.15, -0.1) is 5.10 Å². The van der Waals surface area contributed by atoms with Crippen LogP contribution >= 0.6 is 0 Å². The fourth-order valence-electron chi connectivity index (χ4n) is 2.64. The molecule has 1 aromatic rings. The zero-order valence-electron chi connectivity index (χ0n) is 12.4. The van der Waals surface area contributed by atoms with E-state index >= 15 is 0 Å². The molecule has 1 aromatic heterocycles. The first kappa shape index (κ1) is 15.5. The molecule has 0 spiro atoms. The molecule has 1 fully saturated rings. The Morgan fingerprint density at radius 2 is 2.00 bits per heavy atom. The Labute approximate surface area is 123 Å². The van der Waals surface area contributed by atoms with E-state index in [1.54, 1.807) is 0 Å². The minimum absolute atomic E-state index is 0.0760. The van der Waals surface area contributed by atoms with Gasteiger partial charge in [-0.25, -0.2) is 4.98 Å². The van der Waals surface area contributed by atoms with Crippen molar-refractivity contribution < 1.29 is 14.7 Å². The molecule has 2 unspecified atom stereocenters. The molecule has 0 aromatic carbocycles. The standard InChI is InChI=1S/C14H22N4O3/c1-8(2)11-16-12(18-17-11)13(19)15-10-7-5-3-4-6-9(10)14(20)21/h8-10H,3-7H2,1-2H3,(H,15,19)(H,20,21)(H,16,17,18). The van der Waals surface area contributed by atoms with Crippen LogP contribution in [0.5, 0.6) is 0 Å². The predicted octanol–water partition coefficient (Wildman–Crippen LogP) is 1.69. The third-order valence-electron chi connectivity index (χ3n) is 3.90. The largest absolute Gasteiger partial charge is 0.481 e. The van der Waals surface area contributed by atoms with Crippen molar-refractivity contribution in [3.8, 4) is 0 Å². The molecule has 0 aliphatic heterocycles. The predicted molar refractivity (Wildman–Crippen MR) is 75.9 cm³/mol. The minimum atomic E-state index is -0.847. The highest BCUT2D eigenvalue weighted by molar-refractivity contribution is 5.91. The van der Waals surface area contributed by atoms with Crippen molar-refractivity contribution in [3.05, 3.63) is 11.6 Å². The number of hydrogen-bond acceptors (Lipinski definition) is 4. The summed E-state index contributed by atoms with van der Waals surface area (Å²) in [5.41, 5.74) is 0. The van der Waals surface area contributed by atoms with Gasteiger partial charge in [0, 0.05) is 12.0 Å². The molecule has 1 saturated carbocycles. The Hall–Kier alpha value is -1.92. The summed E-state index contributed by atoms with van der Waals surface area (Å²) in [5, 5.41) is 18.7. The molecule has 1 aliphatic carbocycles.